The number of ether oxygens (including phenoxy) is 2. The van der Waals surface area contributed by atoms with Crippen LogP contribution in [0.4, 0.5) is 11.4 Å². The van der Waals surface area contributed by atoms with Crippen LogP contribution in [0, 0.1) is 6.92 Å². The van der Waals surface area contributed by atoms with Crippen molar-refractivity contribution < 1.29 is 19.1 Å². The van der Waals surface area contributed by atoms with Crippen LogP contribution >= 0.6 is 24.0 Å². The molecule has 3 aromatic rings. The highest BCUT2D eigenvalue weighted by Crippen LogP contribution is 2.36. The van der Waals surface area contributed by atoms with Crippen LogP contribution in [0.1, 0.15) is 11.1 Å². The first-order valence-corrected chi connectivity index (χ1v) is 11.7. The number of hydrogen-bond acceptors (Lipinski definition) is 6. The molecule has 1 heterocycles. The minimum absolute atomic E-state index is 0.128. The molecule has 3 aromatic carbocycles. The van der Waals surface area contributed by atoms with Crippen molar-refractivity contribution in [1.29, 1.82) is 0 Å². The van der Waals surface area contributed by atoms with E-state index < -0.39 is 0 Å². The number of amides is 2. The molecule has 8 heteroatoms. The van der Waals surface area contributed by atoms with Gasteiger partial charge in [-0.05, 0) is 72.7 Å². The second kappa shape index (κ2) is 10.5. The van der Waals surface area contributed by atoms with Crippen molar-refractivity contribution in [2.24, 2.45) is 0 Å². The molecule has 1 saturated heterocycles. The largest absolute Gasteiger partial charge is 0.497 e. The van der Waals surface area contributed by atoms with Gasteiger partial charge in [0.2, 0.25) is 0 Å². The first-order chi connectivity index (χ1) is 16.4. The van der Waals surface area contributed by atoms with Crippen LogP contribution in [-0.2, 0) is 9.59 Å². The summed E-state index contributed by atoms with van der Waals surface area (Å²) in [5.41, 5.74) is 3.24. The summed E-state index contributed by atoms with van der Waals surface area (Å²) in [7, 11) is 1.59. The highest BCUT2D eigenvalue weighted by Gasteiger charge is 2.33. The minimum atomic E-state index is -0.253. The van der Waals surface area contributed by atoms with Gasteiger partial charge >= 0.3 is 0 Å². The number of carbonyl (C=O) groups is 2. The Morgan fingerprint density at radius 2 is 1.82 bits per heavy atom. The van der Waals surface area contributed by atoms with E-state index in [1.165, 1.54) is 16.7 Å². The molecule has 0 spiro atoms. The van der Waals surface area contributed by atoms with Crippen molar-refractivity contribution in [3.05, 3.63) is 88.8 Å². The lowest BCUT2D eigenvalue weighted by atomic mass is 10.2. The molecule has 0 unspecified atom stereocenters. The topological polar surface area (TPSA) is 67.9 Å². The molecule has 0 aliphatic carbocycles. The third-order valence-electron chi connectivity index (χ3n) is 4.95. The Balaban J connectivity index is 1.42. The molecule has 34 heavy (non-hydrogen) atoms. The Bertz CT molecular complexity index is 1270. The van der Waals surface area contributed by atoms with Crippen molar-refractivity contribution in [3.8, 4) is 11.5 Å². The maximum absolute atomic E-state index is 13.0. The van der Waals surface area contributed by atoms with E-state index in [0.29, 0.717) is 26.4 Å². The Labute approximate surface area is 207 Å². The van der Waals surface area contributed by atoms with E-state index in [4.69, 9.17) is 21.7 Å². The van der Waals surface area contributed by atoms with Crippen LogP contribution in [0.15, 0.2) is 77.7 Å². The lowest BCUT2D eigenvalue weighted by Crippen LogP contribution is -2.27. The van der Waals surface area contributed by atoms with E-state index in [9.17, 15) is 9.59 Å². The summed E-state index contributed by atoms with van der Waals surface area (Å²) < 4.78 is 11.3. The Kier molecular flexibility index (Phi) is 7.30. The number of nitrogens with zero attached hydrogens (tertiary/aromatic N) is 1. The highest BCUT2D eigenvalue weighted by atomic mass is 32.2. The van der Waals surface area contributed by atoms with E-state index >= 15 is 0 Å². The maximum Gasteiger partial charge on any atom is 0.270 e. The lowest BCUT2D eigenvalue weighted by Gasteiger charge is -2.14. The van der Waals surface area contributed by atoms with Crippen LogP contribution in [0.2, 0.25) is 0 Å². The standard InChI is InChI=1S/C26H22N2O4S2/c1-17-5-3-7-19(13-17)27-24(29)16-32-22-8-4-6-18(14-22)15-23-25(30)28(26(33)34-23)20-9-11-21(31-2)12-10-20/h3-15H,16H2,1-2H3,(H,27,29)/b23-15-. The molecule has 0 aromatic heterocycles. The molecule has 0 saturated carbocycles. The van der Waals surface area contributed by atoms with Gasteiger partial charge in [0.05, 0.1) is 17.7 Å². The zero-order valence-electron chi connectivity index (χ0n) is 18.6. The lowest BCUT2D eigenvalue weighted by molar-refractivity contribution is -0.118. The second-order valence-corrected chi connectivity index (χ2v) is 9.17. The van der Waals surface area contributed by atoms with E-state index in [0.717, 1.165) is 16.8 Å². The van der Waals surface area contributed by atoms with E-state index in [-0.39, 0.29) is 18.4 Å². The van der Waals surface area contributed by atoms with Crippen LogP contribution < -0.4 is 19.7 Å². The van der Waals surface area contributed by atoms with E-state index in [1.807, 2.05) is 43.3 Å². The molecule has 1 aliphatic heterocycles. The Morgan fingerprint density at radius 1 is 1.06 bits per heavy atom. The second-order valence-electron chi connectivity index (χ2n) is 7.49. The Morgan fingerprint density at radius 3 is 2.56 bits per heavy atom. The summed E-state index contributed by atoms with van der Waals surface area (Å²) in [4.78, 5) is 27.2. The van der Waals surface area contributed by atoms with Crippen LogP contribution in [0.25, 0.3) is 6.08 Å². The van der Waals surface area contributed by atoms with Gasteiger partial charge in [-0.1, -0.05) is 48.2 Å². The van der Waals surface area contributed by atoms with Crippen LogP contribution in [-0.4, -0.2) is 29.9 Å². The Hall–Kier alpha value is -3.62. The third kappa shape index (κ3) is 5.65. The third-order valence-corrected chi connectivity index (χ3v) is 6.25. The number of aryl methyl sites for hydroxylation is 1. The van der Waals surface area contributed by atoms with Gasteiger partial charge in [0.1, 0.15) is 11.5 Å². The molecule has 0 atom stereocenters. The quantitative estimate of drug-likeness (QED) is 0.352. The molecule has 4 rings (SSSR count). The number of carbonyl (C=O) groups excluding carboxylic acids is 2. The SMILES string of the molecule is COc1ccc(N2C(=O)/C(=C/c3cccc(OCC(=O)Nc4cccc(C)c4)c3)SC2=S)cc1. The van der Waals surface area contributed by atoms with Gasteiger partial charge < -0.3 is 14.8 Å². The number of hydrogen-bond donors (Lipinski definition) is 1. The van der Waals surface area contributed by atoms with Crippen molar-refractivity contribution in [1.82, 2.24) is 0 Å². The summed E-state index contributed by atoms with van der Waals surface area (Å²) in [5.74, 6) is 0.785. The first-order valence-electron chi connectivity index (χ1n) is 10.4. The van der Waals surface area contributed by atoms with Gasteiger partial charge in [0.15, 0.2) is 10.9 Å². The van der Waals surface area contributed by atoms with Gasteiger partial charge in [0.25, 0.3) is 11.8 Å². The van der Waals surface area contributed by atoms with Crippen molar-refractivity contribution in [2.75, 3.05) is 23.9 Å². The van der Waals surface area contributed by atoms with Gasteiger partial charge in [-0.15, -0.1) is 0 Å². The van der Waals surface area contributed by atoms with Crippen LogP contribution in [0.3, 0.4) is 0 Å². The zero-order valence-corrected chi connectivity index (χ0v) is 20.2. The molecule has 1 fully saturated rings. The fourth-order valence-electron chi connectivity index (χ4n) is 3.34. The predicted octanol–water partition coefficient (Wildman–Crippen LogP) is 5.43. The van der Waals surface area contributed by atoms with E-state index in [1.54, 1.807) is 49.6 Å². The molecule has 0 radical (unpaired) electrons. The smallest absolute Gasteiger partial charge is 0.270 e. The zero-order chi connectivity index (χ0) is 24.1. The molecule has 1 N–H and O–H groups in total. The summed E-state index contributed by atoms with van der Waals surface area (Å²) in [6.45, 7) is 1.83. The first kappa shape index (κ1) is 23.5. The minimum Gasteiger partial charge on any atom is -0.497 e. The fourth-order valence-corrected chi connectivity index (χ4v) is 4.63. The number of nitrogens with one attached hydrogen (secondary N) is 1. The predicted molar refractivity (Wildman–Crippen MR) is 140 cm³/mol. The summed E-state index contributed by atoms with van der Waals surface area (Å²) >= 11 is 6.68. The maximum atomic E-state index is 13.0. The average molecular weight is 491 g/mol. The van der Waals surface area contributed by atoms with Crippen molar-refractivity contribution in [2.45, 2.75) is 6.92 Å². The number of anilines is 2. The van der Waals surface area contributed by atoms with Gasteiger partial charge in [-0.2, -0.15) is 0 Å². The number of rotatable bonds is 7. The average Bonchev–Trinajstić information content (AvgIpc) is 3.10. The van der Waals surface area contributed by atoms with Crippen molar-refractivity contribution >= 4 is 57.6 Å². The number of benzene rings is 3. The van der Waals surface area contributed by atoms with Gasteiger partial charge in [-0.3, -0.25) is 14.5 Å². The molecular weight excluding hydrogens is 468 g/mol. The number of methoxy groups -OCH3 is 1. The molecule has 2 amide bonds. The summed E-state index contributed by atoms with van der Waals surface area (Å²) in [6, 6.07) is 21.9. The molecule has 6 nitrogen and oxygen atoms in total. The van der Waals surface area contributed by atoms with Crippen LogP contribution in [0.5, 0.6) is 11.5 Å². The molecule has 0 bridgehead atoms. The number of thioether (sulfide) groups is 1. The van der Waals surface area contributed by atoms with Crippen molar-refractivity contribution in [3.63, 3.8) is 0 Å². The van der Waals surface area contributed by atoms with E-state index in [2.05, 4.69) is 5.32 Å². The van der Waals surface area contributed by atoms with Gasteiger partial charge in [-0.25, -0.2) is 0 Å². The summed E-state index contributed by atoms with van der Waals surface area (Å²) in [5, 5.41) is 2.81. The molecular formula is C26H22N2O4S2. The molecule has 172 valence electrons. The molecule has 1 aliphatic rings. The normalized spacial score (nSPS) is 14.4. The number of thiocarbonyl (C=S) groups is 1. The monoisotopic (exact) mass is 490 g/mol. The highest BCUT2D eigenvalue weighted by molar-refractivity contribution is 8.27. The summed E-state index contributed by atoms with van der Waals surface area (Å²) in [6.07, 6.45) is 1.77. The fraction of sp³-hybridized carbons (Fsp3) is 0.115. The van der Waals surface area contributed by atoms with Gasteiger partial charge in [0, 0.05) is 5.69 Å².